The molecule has 0 heterocycles. The zero-order chi connectivity index (χ0) is 23.1. The van der Waals surface area contributed by atoms with Crippen LogP contribution in [0, 0.1) is 52.3 Å². The first-order chi connectivity index (χ1) is 15.2. The van der Waals surface area contributed by atoms with Crippen molar-refractivity contribution < 1.29 is 9.53 Å². The highest BCUT2D eigenvalue weighted by atomic mass is 16.5. The van der Waals surface area contributed by atoms with Gasteiger partial charge in [0.25, 0.3) is 0 Å². The van der Waals surface area contributed by atoms with E-state index in [-0.39, 0.29) is 5.97 Å². The largest absolute Gasteiger partial charge is 0.466 e. The minimum atomic E-state index is -0.150. The number of carbonyl (C=O) groups excluding carboxylic acids is 1. The van der Waals surface area contributed by atoms with Gasteiger partial charge >= 0.3 is 5.97 Å². The van der Waals surface area contributed by atoms with Gasteiger partial charge in [-0.2, -0.15) is 0 Å². The standard InChI is InChI=1S/C30H50O2/c1-20(22(3)19-32-23(4)31)10-11-21(2)26-14-15-27-25-13-12-24-9-7-8-17-29(24,5)28(25)16-18-30(26,27)6/h13,20-22,24,26-28H,7-12,14-19H2,1-6H3/t20-,21-,22?,24?,26-,27+,28+,29+,30-/m1/s1. The number of ether oxygens (including phenoxy) is 1. The van der Waals surface area contributed by atoms with Crippen LogP contribution in [0.2, 0.25) is 0 Å². The summed E-state index contributed by atoms with van der Waals surface area (Å²) in [6.45, 7) is 14.6. The van der Waals surface area contributed by atoms with Gasteiger partial charge in [0.15, 0.2) is 0 Å². The Kier molecular flexibility index (Phi) is 7.19. The van der Waals surface area contributed by atoms with Crippen molar-refractivity contribution in [3.05, 3.63) is 11.6 Å². The highest BCUT2D eigenvalue weighted by Crippen LogP contribution is 2.66. The quantitative estimate of drug-likeness (QED) is 0.293. The summed E-state index contributed by atoms with van der Waals surface area (Å²) in [4.78, 5) is 11.2. The van der Waals surface area contributed by atoms with Crippen molar-refractivity contribution in [3.8, 4) is 0 Å². The molecule has 182 valence electrons. The molecule has 0 bridgehead atoms. The lowest BCUT2D eigenvalue weighted by Crippen LogP contribution is -2.48. The smallest absolute Gasteiger partial charge is 0.302 e. The van der Waals surface area contributed by atoms with E-state index in [2.05, 4.69) is 40.7 Å². The van der Waals surface area contributed by atoms with E-state index in [1.165, 1.54) is 77.6 Å². The fourth-order valence-electron chi connectivity index (χ4n) is 8.94. The van der Waals surface area contributed by atoms with Crippen molar-refractivity contribution in [1.29, 1.82) is 0 Å². The molecule has 4 aliphatic rings. The molecular formula is C30H50O2. The molecule has 0 aromatic heterocycles. The van der Waals surface area contributed by atoms with E-state index in [1.807, 2.05) is 5.57 Å². The van der Waals surface area contributed by atoms with Crippen molar-refractivity contribution in [3.63, 3.8) is 0 Å². The van der Waals surface area contributed by atoms with Crippen LogP contribution in [-0.2, 0) is 9.53 Å². The Morgan fingerprint density at radius 3 is 2.47 bits per heavy atom. The second kappa shape index (κ2) is 9.46. The number of fused-ring (bicyclic) bond motifs is 5. The van der Waals surface area contributed by atoms with Crippen LogP contribution in [0.5, 0.6) is 0 Å². The molecule has 4 aliphatic carbocycles. The van der Waals surface area contributed by atoms with Gasteiger partial charge in [0, 0.05) is 6.92 Å². The van der Waals surface area contributed by atoms with Crippen molar-refractivity contribution in [1.82, 2.24) is 0 Å². The van der Waals surface area contributed by atoms with Crippen molar-refractivity contribution in [2.75, 3.05) is 6.61 Å². The SMILES string of the molecule is CC(=O)OCC(C)[C@H](C)CC[C@@H](C)[C@H]1CC[C@H]2C3=CCC4CCCC[C@]4(C)[C@H]3CC[C@]12C. The van der Waals surface area contributed by atoms with Gasteiger partial charge in [-0.25, -0.2) is 0 Å². The van der Waals surface area contributed by atoms with E-state index in [0.29, 0.717) is 29.3 Å². The van der Waals surface area contributed by atoms with Crippen LogP contribution in [0.3, 0.4) is 0 Å². The topological polar surface area (TPSA) is 26.3 Å². The number of allylic oxidation sites excluding steroid dienone is 2. The summed E-state index contributed by atoms with van der Waals surface area (Å²) in [5, 5.41) is 0. The second-order valence-electron chi connectivity index (χ2n) is 13.0. The second-order valence-corrected chi connectivity index (χ2v) is 13.0. The summed E-state index contributed by atoms with van der Waals surface area (Å²) in [7, 11) is 0. The highest BCUT2D eigenvalue weighted by Gasteiger charge is 2.57. The number of hydrogen-bond acceptors (Lipinski definition) is 2. The molecule has 4 rings (SSSR count). The van der Waals surface area contributed by atoms with Gasteiger partial charge in [-0.15, -0.1) is 0 Å². The number of esters is 1. The first kappa shape index (κ1) is 24.3. The molecule has 0 aliphatic heterocycles. The first-order valence-corrected chi connectivity index (χ1v) is 14.0. The fraction of sp³-hybridized carbons (Fsp3) is 0.900. The van der Waals surface area contributed by atoms with Gasteiger partial charge in [-0.1, -0.05) is 72.0 Å². The fourth-order valence-corrected chi connectivity index (χ4v) is 8.94. The predicted octanol–water partition coefficient (Wildman–Crippen LogP) is 8.21. The van der Waals surface area contributed by atoms with Crippen LogP contribution in [0.4, 0.5) is 0 Å². The number of carbonyl (C=O) groups is 1. The molecule has 0 aromatic carbocycles. The zero-order valence-corrected chi connectivity index (χ0v) is 21.9. The van der Waals surface area contributed by atoms with Crippen LogP contribution in [0.1, 0.15) is 112 Å². The number of rotatable bonds is 7. The Bertz CT molecular complexity index is 710. The molecule has 0 spiro atoms. The zero-order valence-electron chi connectivity index (χ0n) is 21.9. The van der Waals surface area contributed by atoms with Crippen molar-refractivity contribution in [2.24, 2.45) is 52.3 Å². The summed E-state index contributed by atoms with van der Waals surface area (Å²) < 4.78 is 5.27. The Hall–Kier alpha value is -0.790. The molecule has 32 heavy (non-hydrogen) atoms. The van der Waals surface area contributed by atoms with Crippen molar-refractivity contribution >= 4 is 5.97 Å². The summed E-state index contributed by atoms with van der Waals surface area (Å²) in [6, 6.07) is 0. The molecular weight excluding hydrogens is 392 g/mol. The lowest BCUT2D eigenvalue weighted by atomic mass is 9.48. The third-order valence-electron chi connectivity index (χ3n) is 11.4. The maximum Gasteiger partial charge on any atom is 0.302 e. The average Bonchev–Trinajstić information content (AvgIpc) is 3.12. The minimum absolute atomic E-state index is 0.150. The summed E-state index contributed by atoms with van der Waals surface area (Å²) >= 11 is 0. The third-order valence-corrected chi connectivity index (χ3v) is 11.4. The Labute approximate surface area is 198 Å². The van der Waals surface area contributed by atoms with Gasteiger partial charge in [0.05, 0.1) is 6.61 Å². The first-order valence-electron chi connectivity index (χ1n) is 14.0. The van der Waals surface area contributed by atoms with Gasteiger partial charge < -0.3 is 4.74 Å². The molecule has 0 radical (unpaired) electrons. The van der Waals surface area contributed by atoms with E-state index in [4.69, 9.17) is 4.74 Å². The molecule has 9 atom stereocenters. The van der Waals surface area contributed by atoms with E-state index in [0.717, 1.165) is 29.6 Å². The van der Waals surface area contributed by atoms with Crippen LogP contribution < -0.4 is 0 Å². The van der Waals surface area contributed by atoms with E-state index in [1.54, 1.807) is 0 Å². The van der Waals surface area contributed by atoms with Crippen LogP contribution >= 0.6 is 0 Å². The molecule has 2 unspecified atom stereocenters. The van der Waals surface area contributed by atoms with Gasteiger partial charge in [-0.05, 0) is 97.2 Å². The normalized spacial score (nSPS) is 41.5. The highest BCUT2D eigenvalue weighted by molar-refractivity contribution is 5.65. The van der Waals surface area contributed by atoms with Crippen LogP contribution in [-0.4, -0.2) is 12.6 Å². The van der Waals surface area contributed by atoms with Crippen LogP contribution in [0.25, 0.3) is 0 Å². The van der Waals surface area contributed by atoms with Gasteiger partial charge in [-0.3, -0.25) is 4.79 Å². The predicted molar refractivity (Wildman–Crippen MR) is 133 cm³/mol. The maximum atomic E-state index is 11.2. The molecule has 0 N–H and O–H groups in total. The molecule has 2 nitrogen and oxygen atoms in total. The Morgan fingerprint density at radius 2 is 1.72 bits per heavy atom. The maximum absolute atomic E-state index is 11.2. The molecule has 3 saturated carbocycles. The molecule has 2 heteroatoms. The molecule has 3 fully saturated rings. The Morgan fingerprint density at radius 1 is 0.969 bits per heavy atom. The lowest BCUT2D eigenvalue weighted by Gasteiger charge is -2.57. The van der Waals surface area contributed by atoms with E-state index in [9.17, 15) is 4.79 Å². The summed E-state index contributed by atoms with van der Waals surface area (Å²) in [5.41, 5.74) is 3.03. The van der Waals surface area contributed by atoms with Gasteiger partial charge in [0.2, 0.25) is 0 Å². The number of hydrogen-bond donors (Lipinski definition) is 0. The molecule has 0 aromatic rings. The minimum Gasteiger partial charge on any atom is -0.466 e. The third kappa shape index (κ3) is 4.34. The molecule has 0 saturated heterocycles. The average molecular weight is 443 g/mol. The summed E-state index contributed by atoms with van der Waals surface area (Å²) in [6.07, 6.45) is 18.4. The van der Waals surface area contributed by atoms with Gasteiger partial charge in [0.1, 0.15) is 0 Å². The molecule has 0 amide bonds. The monoisotopic (exact) mass is 442 g/mol. The Balaban J connectivity index is 1.39. The van der Waals surface area contributed by atoms with Crippen LogP contribution in [0.15, 0.2) is 11.6 Å². The summed E-state index contributed by atoms with van der Waals surface area (Å²) in [5.74, 6) is 5.29. The van der Waals surface area contributed by atoms with Crippen molar-refractivity contribution in [2.45, 2.75) is 112 Å². The lowest BCUT2D eigenvalue weighted by molar-refractivity contribution is -0.142. The van der Waals surface area contributed by atoms with E-state index >= 15 is 0 Å². The van der Waals surface area contributed by atoms with E-state index < -0.39 is 0 Å².